The number of benzene rings is 1. The minimum atomic E-state index is -2.97. The maximum atomic E-state index is 12.6. The van der Waals surface area contributed by atoms with Gasteiger partial charge < -0.3 is 20.7 Å². The van der Waals surface area contributed by atoms with E-state index in [2.05, 4.69) is 46.5 Å². The zero-order valence-electron chi connectivity index (χ0n) is 14.7. The van der Waals surface area contributed by atoms with E-state index in [0.717, 1.165) is 6.54 Å². The summed E-state index contributed by atoms with van der Waals surface area (Å²) >= 11 is 11.9. The minimum Gasteiger partial charge on any atom is -0.433 e. The third-order valence-electron chi connectivity index (χ3n) is 3.03. The average molecular weight is 397 g/mol. The van der Waals surface area contributed by atoms with E-state index in [0.29, 0.717) is 23.1 Å². The molecule has 5 nitrogen and oxygen atoms in total. The number of ether oxygens (including phenoxy) is 1. The lowest BCUT2D eigenvalue weighted by atomic mass is 10.1. The van der Waals surface area contributed by atoms with E-state index in [1.54, 1.807) is 7.05 Å². The van der Waals surface area contributed by atoms with Crippen molar-refractivity contribution in [3.63, 3.8) is 0 Å². The molecule has 0 aliphatic carbocycles. The second-order valence-electron chi connectivity index (χ2n) is 6.28. The summed E-state index contributed by atoms with van der Waals surface area (Å²) in [6, 6.07) is 2.88. The molecule has 0 aromatic heterocycles. The number of alkyl halides is 2. The van der Waals surface area contributed by atoms with E-state index in [1.165, 1.54) is 12.1 Å². The van der Waals surface area contributed by atoms with Crippen LogP contribution in [0.2, 0.25) is 10.0 Å². The molecule has 0 radical (unpaired) electrons. The fourth-order valence-corrected chi connectivity index (χ4v) is 2.56. The second-order valence-corrected chi connectivity index (χ2v) is 7.13. The van der Waals surface area contributed by atoms with Crippen LogP contribution in [0.3, 0.4) is 0 Å². The van der Waals surface area contributed by atoms with Crippen LogP contribution >= 0.6 is 23.2 Å². The van der Waals surface area contributed by atoms with Crippen LogP contribution in [0.25, 0.3) is 0 Å². The van der Waals surface area contributed by atoms with E-state index in [-0.39, 0.29) is 22.9 Å². The first-order valence-corrected chi connectivity index (χ1v) is 8.50. The summed E-state index contributed by atoms with van der Waals surface area (Å²) < 4.78 is 29.6. The van der Waals surface area contributed by atoms with Gasteiger partial charge >= 0.3 is 6.61 Å². The van der Waals surface area contributed by atoms with Gasteiger partial charge in [0, 0.05) is 42.8 Å². The first-order chi connectivity index (χ1) is 11.6. The SMILES string of the molecule is CN=C(NCCNC(C)(C)C)NCc1cc(Cl)cc(Cl)c1OC(F)F. The molecule has 0 heterocycles. The molecule has 0 spiro atoms. The predicted octanol–water partition coefficient (Wildman–Crippen LogP) is 3.65. The quantitative estimate of drug-likeness (QED) is 0.374. The fraction of sp³-hybridized carbons (Fsp3) is 0.562. The number of nitrogens with zero attached hydrogens (tertiary/aromatic N) is 1. The van der Waals surface area contributed by atoms with E-state index in [9.17, 15) is 8.78 Å². The van der Waals surface area contributed by atoms with Crippen molar-refractivity contribution in [3.05, 3.63) is 27.7 Å². The summed E-state index contributed by atoms with van der Waals surface area (Å²) in [6.45, 7) is 4.82. The number of hydrogen-bond acceptors (Lipinski definition) is 3. The van der Waals surface area contributed by atoms with Gasteiger partial charge in [-0.3, -0.25) is 4.99 Å². The Balaban J connectivity index is 2.66. The van der Waals surface area contributed by atoms with E-state index in [1.807, 2.05) is 0 Å². The molecule has 0 saturated heterocycles. The Morgan fingerprint density at radius 3 is 2.44 bits per heavy atom. The highest BCUT2D eigenvalue weighted by Crippen LogP contribution is 2.33. The van der Waals surface area contributed by atoms with Gasteiger partial charge in [0.15, 0.2) is 5.96 Å². The standard InChI is InChI=1S/C16H24Cl2F2N4O/c1-16(2,3)24-6-5-22-15(21-4)23-9-10-7-11(17)8-12(18)13(10)25-14(19)20/h7-8,14,24H,5-6,9H2,1-4H3,(H2,21,22,23). The van der Waals surface area contributed by atoms with Crippen molar-refractivity contribution >= 4 is 29.2 Å². The lowest BCUT2D eigenvalue weighted by Crippen LogP contribution is -2.44. The maximum absolute atomic E-state index is 12.6. The molecule has 0 bridgehead atoms. The number of hydrogen-bond donors (Lipinski definition) is 3. The summed E-state index contributed by atoms with van der Waals surface area (Å²) in [6.07, 6.45) is 0. The Kier molecular flexibility index (Phi) is 8.68. The van der Waals surface area contributed by atoms with Crippen LogP contribution in [-0.2, 0) is 6.54 Å². The smallest absolute Gasteiger partial charge is 0.387 e. The Hall–Kier alpha value is -1.31. The molecule has 142 valence electrons. The summed E-state index contributed by atoms with van der Waals surface area (Å²) in [4.78, 5) is 4.08. The molecule has 0 aliphatic rings. The van der Waals surface area contributed by atoms with Gasteiger partial charge in [0.1, 0.15) is 5.75 Å². The van der Waals surface area contributed by atoms with E-state index >= 15 is 0 Å². The highest BCUT2D eigenvalue weighted by molar-refractivity contribution is 6.35. The van der Waals surface area contributed by atoms with Crippen molar-refractivity contribution in [1.29, 1.82) is 0 Å². The van der Waals surface area contributed by atoms with Crippen LogP contribution in [0.15, 0.2) is 17.1 Å². The number of aliphatic imine (C=N–C) groups is 1. The molecule has 0 amide bonds. The largest absolute Gasteiger partial charge is 0.433 e. The van der Waals surface area contributed by atoms with Crippen LogP contribution in [-0.4, -0.2) is 38.2 Å². The van der Waals surface area contributed by atoms with E-state index in [4.69, 9.17) is 23.2 Å². The maximum Gasteiger partial charge on any atom is 0.387 e. The fourth-order valence-electron chi connectivity index (χ4n) is 1.98. The monoisotopic (exact) mass is 396 g/mol. The molecule has 9 heteroatoms. The summed E-state index contributed by atoms with van der Waals surface area (Å²) in [5.74, 6) is 0.424. The zero-order valence-corrected chi connectivity index (χ0v) is 16.2. The Morgan fingerprint density at radius 2 is 1.88 bits per heavy atom. The van der Waals surface area contributed by atoms with Crippen LogP contribution in [0.1, 0.15) is 26.3 Å². The Bertz CT molecular complexity index is 592. The van der Waals surface area contributed by atoms with Gasteiger partial charge in [-0.2, -0.15) is 8.78 Å². The molecule has 25 heavy (non-hydrogen) atoms. The summed E-state index contributed by atoms with van der Waals surface area (Å²) in [5.41, 5.74) is 0.436. The molecule has 0 aliphatic heterocycles. The van der Waals surface area contributed by atoms with Gasteiger partial charge in [-0.15, -0.1) is 0 Å². The lowest BCUT2D eigenvalue weighted by Gasteiger charge is -2.21. The third kappa shape index (κ3) is 8.56. The van der Waals surface area contributed by atoms with Gasteiger partial charge in [0.2, 0.25) is 0 Å². The van der Waals surface area contributed by atoms with Gasteiger partial charge in [0.05, 0.1) is 5.02 Å². The molecule has 3 N–H and O–H groups in total. The normalized spacial score (nSPS) is 12.4. The van der Waals surface area contributed by atoms with E-state index < -0.39 is 6.61 Å². The first kappa shape index (κ1) is 21.7. The number of guanidine groups is 1. The number of nitrogens with one attached hydrogen (secondary N) is 3. The molecule has 1 aromatic rings. The predicted molar refractivity (Wildman–Crippen MR) is 99.1 cm³/mol. The number of halogens is 4. The molecule has 0 atom stereocenters. The highest BCUT2D eigenvalue weighted by Gasteiger charge is 2.15. The van der Waals surface area contributed by atoms with Gasteiger partial charge in [-0.05, 0) is 32.9 Å². The number of rotatable bonds is 7. The molecule has 0 fully saturated rings. The van der Waals surface area contributed by atoms with Crippen LogP contribution in [0.5, 0.6) is 5.75 Å². The zero-order chi connectivity index (χ0) is 19.0. The third-order valence-corrected chi connectivity index (χ3v) is 3.53. The molecule has 0 saturated carbocycles. The molecular weight excluding hydrogens is 373 g/mol. The summed E-state index contributed by atoms with van der Waals surface area (Å²) in [5, 5.41) is 9.84. The van der Waals surface area contributed by atoms with Crippen molar-refractivity contribution in [1.82, 2.24) is 16.0 Å². The molecule has 0 unspecified atom stereocenters. The molecule has 1 aromatic carbocycles. The average Bonchev–Trinajstić information content (AvgIpc) is 2.48. The molecule has 1 rings (SSSR count). The van der Waals surface area contributed by atoms with Gasteiger partial charge in [0.25, 0.3) is 0 Å². The van der Waals surface area contributed by atoms with Crippen LogP contribution in [0.4, 0.5) is 8.78 Å². The van der Waals surface area contributed by atoms with Crippen LogP contribution < -0.4 is 20.7 Å². The van der Waals surface area contributed by atoms with Crippen molar-refractivity contribution < 1.29 is 13.5 Å². The first-order valence-electron chi connectivity index (χ1n) is 7.74. The lowest BCUT2D eigenvalue weighted by molar-refractivity contribution is -0.0504. The minimum absolute atomic E-state index is 0.0255. The van der Waals surface area contributed by atoms with Crippen molar-refractivity contribution in [2.75, 3.05) is 20.1 Å². The van der Waals surface area contributed by atoms with Crippen molar-refractivity contribution in [2.24, 2.45) is 4.99 Å². The van der Waals surface area contributed by atoms with Crippen molar-refractivity contribution in [3.8, 4) is 5.75 Å². The Labute approximate surface area is 157 Å². The van der Waals surface area contributed by atoms with Gasteiger partial charge in [-0.25, -0.2) is 0 Å². The second kappa shape index (κ2) is 9.99. The van der Waals surface area contributed by atoms with Crippen molar-refractivity contribution in [2.45, 2.75) is 39.5 Å². The summed E-state index contributed by atoms with van der Waals surface area (Å²) in [7, 11) is 1.62. The van der Waals surface area contributed by atoms with Crippen LogP contribution in [0, 0.1) is 0 Å². The topological polar surface area (TPSA) is 57.7 Å². The molecular formula is C16H24Cl2F2N4O. The van der Waals surface area contributed by atoms with Gasteiger partial charge in [-0.1, -0.05) is 23.2 Å². The highest BCUT2D eigenvalue weighted by atomic mass is 35.5. The Morgan fingerprint density at radius 1 is 1.20 bits per heavy atom.